The van der Waals surface area contributed by atoms with Gasteiger partial charge in [-0.15, -0.1) is 10.2 Å². The Hall–Kier alpha value is -3.03. The van der Waals surface area contributed by atoms with E-state index >= 15 is 0 Å². The van der Waals surface area contributed by atoms with E-state index in [2.05, 4.69) is 25.8 Å². The minimum Gasteiger partial charge on any atom is -0.506 e. The van der Waals surface area contributed by atoms with Crippen LogP contribution in [0.25, 0.3) is 5.65 Å². The molecule has 0 atom stereocenters. The summed E-state index contributed by atoms with van der Waals surface area (Å²) in [6, 6.07) is 4.96. The number of nitrogens with zero attached hydrogens (tertiary/aromatic N) is 4. The molecular formula is C13H14N6O2. The number of methoxy groups -OCH3 is 1. The summed E-state index contributed by atoms with van der Waals surface area (Å²) in [7, 11) is 3.30. The Balaban J connectivity index is 2.00. The van der Waals surface area contributed by atoms with Crippen molar-refractivity contribution in [2.45, 2.75) is 0 Å². The van der Waals surface area contributed by atoms with E-state index < -0.39 is 0 Å². The molecule has 3 aromatic rings. The fraction of sp³-hybridized carbons (Fsp3) is 0.154. The average Bonchev–Trinajstić information content (AvgIpc) is 2.93. The van der Waals surface area contributed by atoms with E-state index in [1.165, 1.54) is 6.07 Å². The lowest BCUT2D eigenvalue weighted by molar-refractivity contribution is 0.408. The zero-order valence-corrected chi connectivity index (χ0v) is 11.5. The molecule has 3 N–H and O–H groups in total. The van der Waals surface area contributed by atoms with Crippen molar-refractivity contribution >= 4 is 23.1 Å². The van der Waals surface area contributed by atoms with E-state index in [-0.39, 0.29) is 5.75 Å². The summed E-state index contributed by atoms with van der Waals surface area (Å²) in [5.74, 6) is 1.73. The first-order chi connectivity index (χ1) is 10.2. The van der Waals surface area contributed by atoms with Gasteiger partial charge in [0.05, 0.1) is 12.8 Å². The lowest BCUT2D eigenvalue weighted by Crippen LogP contribution is -2.00. The summed E-state index contributed by atoms with van der Waals surface area (Å²) in [6.45, 7) is 0. The summed E-state index contributed by atoms with van der Waals surface area (Å²) < 4.78 is 6.81. The average molecular weight is 286 g/mol. The zero-order valence-electron chi connectivity index (χ0n) is 11.5. The molecule has 3 rings (SSSR count). The summed E-state index contributed by atoms with van der Waals surface area (Å²) in [5, 5.41) is 24.0. The molecule has 0 aliphatic heterocycles. The minimum absolute atomic E-state index is 0.0616. The Kier molecular flexibility index (Phi) is 3.19. The number of aromatic hydroxyl groups is 1. The molecule has 21 heavy (non-hydrogen) atoms. The lowest BCUT2D eigenvalue weighted by Gasteiger charge is -2.09. The molecule has 0 aliphatic carbocycles. The fourth-order valence-corrected chi connectivity index (χ4v) is 1.96. The lowest BCUT2D eigenvalue weighted by atomic mass is 10.2. The van der Waals surface area contributed by atoms with Crippen molar-refractivity contribution in [3.05, 3.63) is 30.6 Å². The highest BCUT2D eigenvalue weighted by Gasteiger charge is 2.11. The number of rotatable bonds is 4. The molecule has 0 bridgehead atoms. The van der Waals surface area contributed by atoms with E-state index in [0.717, 1.165) is 0 Å². The largest absolute Gasteiger partial charge is 0.506 e. The molecule has 8 heteroatoms. The molecule has 0 saturated carbocycles. The molecule has 0 radical (unpaired) electrons. The molecule has 1 aromatic carbocycles. The quantitative estimate of drug-likeness (QED) is 0.627. The third-order valence-electron chi connectivity index (χ3n) is 3.01. The minimum atomic E-state index is 0.0616. The summed E-state index contributed by atoms with van der Waals surface area (Å²) in [6.07, 6.45) is 3.38. The van der Waals surface area contributed by atoms with Crippen LogP contribution in [0.5, 0.6) is 11.5 Å². The van der Waals surface area contributed by atoms with Gasteiger partial charge in [-0.05, 0) is 12.1 Å². The number of hydrogen-bond acceptors (Lipinski definition) is 7. The van der Waals surface area contributed by atoms with Crippen molar-refractivity contribution in [1.29, 1.82) is 0 Å². The number of phenols is 1. The number of nitrogens with one attached hydrogen (secondary N) is 2. The Morgan fingerprint density at radius 1 is 1.29 bits per heavy atom. The van der Waals surface area contributed by atoms with Crippen LogP contribution in [0.3, 0.4) is 0 Å². The SMILES string of the molecule is CNc1nnc2c(Nc3ccc(OC)cc3O)nccn12. The smallest absolute Gasteiger partial charge is 0.228 e. The van der Waals surface area contributed by atoms with E-state index in [9.17, 15) is 5.11 Å². The monoisotopic (exact) mass is 286 g/mol. The predicted octanol–water partition coefficient (Wildman–Crippen LogP) is 1.62. The van der Waals surface area contributed by atoms with Gasteiger partial charge < -0.3 is 20.5 Å². The van der Waals surface area contributed by atoms with E-state index in [0.29, 0.717) is 28.9 Å². The van der Waals surface area contributed by atoms with Crippen LogP contribution in [0.15, 0.2) is 30.6 Å². The molecule has 0 unspecified atom stereocenters. The molecule has 0 fully saturated rings. The summed E-state index contributed by atoms with van der Waals surface area (Å²) >= 11 is 0. The maximum absolute atomic E-state index is 9.98. The topological polar surface area (TPSA) is 96.6 Å². The second-order valence-corrected chi connectivity index (χ2v) is 4.25. The second-order valence-electron chi connectivity index (χ2n) is 4.25. The first-order valence-electron chi connectivity index (χ1n) is 6.24. The number of phenolic OH excluding ortho intramolecular Hbond substituents is 1. The number of aromatic nitrogens is 4. The molecule has 108 valence electrons. The van der Waals surface area contributed by atoms with Gasteiger partial charge in [0.1, 0.15) is 11.5 Å². The molecule has 0 spiro atoms. The Bertz CT molecular complexity index is 785. The van der Waals surface area contributed by atoms with Crippen LogP contribution < -0.4 is 15.4 Å². The molecule has 0 amide bonds. The number of hydrogen-bond donors (Lipinski definition) is 3. The van der Waals surface area contributed by atoms with Crippen LogP contribution in [-0.4, -0.2) is 38.8 Å². The molecule has 2 heterocycles. The molecule has 0 saturated heterocycles. The van der Waals surface area contributed by atoms with Crippen LogP contribution in [-0.2, 0) is 0 Å². The van der Waals surface area contributed by atoms with Crippen molar-refractivity contribution in [2.24, 2.45) is 0 Å². The molecule has 8 nitrogen and oxygen atoms in total. The second kappa shape index (κ2) is 5.16. The van der Waals surface area contributed by atoms with Crippen molar-refractivity contribution in [2.75, 3.05) is 24.8 Å². The first-order valence-corrected chi connectivity index (χ1v) is 6.24. The Morgan fingerprint density at radius 3 is 2.86 bits per heavy atom. The zero-order chi connectivity index (χ0) is 14.8. The van der Waals surface area contributed by atoms with E-state index in [1.54, 1.807) is 43.1 Å². The van der Waals surface area contributed by atoms with Crippen LogP contribution in [0.4, 0.5) is 17.5 Å². The van der Waals surface area contributed by atoms with Gasteiger partial charge in [-0.25, -0.2) is 4.98 Å². The van der Waals surface area contributed by atoms with Gasteiger partial charge in [0.25, 0.3) is 0 Å². The van der Waals surface area contributed by atoms with E-state index in [4.69, 9.17) is 4.74 Å². The fourth-order valence-electron chi connectivity index (χ4n) is 1.96. The highest BCUT2D eigenvalue weighted by molar-refractivity contribution is 5.74. The van der Waals surface area contributed by atoms with Crippen LogP contribution in [0.2, 0.25) is 0 Å². The number of anilines is 3. The standard InChI is InChI=1S/C13H14N6O2/c1-14-13-18-17-12-11(15-5-6-19(12)13)16-9-4-3-8(21-2)7-10(9)20/h3-7,20H,1-2H3,(H,14,18)(H,15,16). The summed E-state index contributed by atoms with van der Waals surface area (Å²) in [4.78, 5) is 4.23. The number of ether oxygens (including phenoxy) is 1. The van der Waals surface area contributed by atoms with Gasteiger partial charge in [-0.1, -0.05) is 0 Å². The van der Waals surface area contributed by atoms with Crippen LogP contribution >= 0.6 is 0 Å². The van der Waals surface area contributed by atoms with Crippen molar-refractivity contribution < 1.29 is 9.84 Å². The number of benzene rings is 1. The van der Waals surface area contributed by atoms with Gasteiger partial charge in [0.15, 0.2) is 5.82 Å². The first kappa shape index (κ1) is 13.0. The summed E-state index contributed by atoms with van der Waals surface area (Å²) in [5.41, 5.74) is 1.06. The van der Waals surface area contributed by atoms with Crippen LogP contribution in [0, 0.1) is 0 Å². The van der Waals surface area contributed by atoms with Gasteiger partial charge >= 0.3 is 0 Å². The van der Waals surface area contributed by atoms with Gasteiger partial charge in [-0.2, -0.15) is 0 Å². The molecular weight excluding hydrogens is 272 g/mol. The highest BCUT2D eigenvalue weighted by atomic mass is 16.5. The predicted molar refractivity (Wildman–Crippen MR) is 78.3 cm³/mol. The van der Waals surface area contributed by atoms with Gasteiger partial charge in [0, 0.05) is 25.5 Å². The maximum atomic E-state index is 9.98. The van der Waals surface area contributed by atoms with E-state index in [1.807, 2.05) is 0 Å². The molecule has 2 aromatic heterocycles. The Labute approximate surface area is 120 Å². The molecule has 0 aliphatic rings. The van der Waals surface area contributed by atoms with Crippen molar-refractivity contribution in [3.63, 3.8) is 0 Å². The van der Waals surface area contributed by atoms with Crippen molar-refractivity contribution in [3.8, 4) is 11.5 Å². The van der Waals surface area contributed by atoms with Gasteiger partial charge in [0.2, 0.25) is 11.6 Å². The van der Waals surface area contributed by atoms with Crippen LogP contribution in [0.1, 0.15) is 0 Å². The third-order valence-corrected chi connectivity index (χ3v) is 3.01. The maximum Gasteiger partial charge on any atom is 0.228 e. The normalized spacial score (nSPS) is 10.6. The third kappa shape index (κ3) is 2.27. The number of fused-ring (bicyclic) bond motifs is 1. The Morgan fingerprint density at radius 2 is 2.14 bits per heavy atom. The van der Waals surface area contributed by atoms with Crippen molar-refractivity contribution in [1.82, 2.24) is 19.6 Å². The highest BCUT2D eigenvalue weighted by Crippen LogP contribution is 2.30. The van der Waals surface area contributed by atoms with Gasteiger partial charge in [-0.3, -0.25) is 4.40 Å².